The van der Waals surface area contributed by atoms with E-state index in [0.717, 1.165) is 27.1 Å². The summed E-state index contributed by atoms with van der Waals surface area (Å²) in [5, 5.41) is 0. The highest BCUT2D eigenvalue weighted by atomic mass is 127. The molecule has 4 nitrogen and oxygen atoms in total. The zero-order valence-corrected chi connectivity index (χ0v) is 9.73. The molecule has 1 aliphatic heterocycles. The third-order valence-corrected chi connectivity index (χ3v) is 2.15. The Morgan fingerprint density at radius 2 is 2.33 bits per heavy atom. The van der Waals surface area contributed by atoms with Crippen LogP contribution in [0.2, 0.25) is 0 Å². The van der Waals surface area contributed by atoms with Crippen molar-refractivity contribution in [2.45, 2.75) is 6.42 Å². The molecule has 0 aromatic carbocycles. The summed E-state index contributed by atoms with van der Waals surface area (Å²) in [5.74, 6) is 0. The highest BCUT2D eigenvalue weighted by Crippen LogP contribution is 2.02. The average molecular weight is 280 g/mol. The Hall–Kier alpha value is 0.185. The van der Waals surface area contributed by atoms with E-state index in [2.05, 4.69) is 47.9 Å². The van der Waals surface area contributed by atoms with Crippen LogP contribution in [0.5, 0.6) is 0 Å². The third-order valence-electron chi connectivity index (χ3n) is 1.67. The Kier molecular flexibility index (Phi) is 4.31. The first-order valence-electron chi connectivity index (χ1n) is 4.04. The number of hydrogen-bond donors (Lipinski definition) is 0. The molecule has 1 fully saturated rings. The van der Waals surface area contributed by atoms with E-state index in [1.807, 2.05) is 13.4 Å². The molecule has 0 aliphatic carbocycles. The van der Waals surface area contributed by atoms with Crippen molar-refractivity contribution in [3.05, 3.63) is 0 Å². The van der Waals surface area contributed by atoms with E-state index in [9.17, 15) is 0 Å². The van der Waals surface area contributed by atoms with Gasteiger partial charge >= 0.3 is 7.55 Å². The van der Waals surface area contributed by atoms with Gasteiger partial charge in [0.2, 0.25) is 0 Å². The van der Waals surface area contributed by atoms with Crippen LogP contribution in [0.15, 0.2) is 4.99 Å². The molecule has 0 amide bonds. The Bertz CT molecular complexity index is 164. The molecule has 1 aliphatic rings. The summed E-state index contributed by atoms with van der Waals surface area (Å²) < 4.78 is 2.15. The van der Waals surface area contributed by atoms with Crippen LogP contribution in [-0.2, 0) is 0 Å². The molecule has 0 aromatic rings. The Morgan fingerprint density at radius 3 is 2.83 bits per heavy atom. The second-order valence-corrected chi connectivity index (χ2v) is 4.59. The number of aliphatic imine (C=N–C) groups is 1. The van der Waals surface area contributed by atoms with Crippen molar-refractivity contribution in [2.75, 3.05) is 27.2 Å². The lowest BCUT2D eigenvalue weighted by molar-refractivity contribution is 0.491. The molecule has 1 unspecified atom stereocenters. The molecule has 0 N–H and O–H groups in total. The molecule has 6 heteroatoms. The topological polar surface area (TPSA) is 21.6 Å². The summed E-state index contributed by atoms with van der Waals surface area (Å²) in [7, 11) is 5.14. The minimum absolute atomic E-state index is 0.928. The van der Waals surface area contributed by atoms with Crippen molar-refractivity contribution in [1.29, 1.82) is 0 Å². The van der Waals surface area contributed by atoms with Crippen molar-refractivity contribution >= 4 is 36.8 Å². The standard InChI is InChI=1S/C6H14BIN4/c1-10(8)5-3-4-9-6-12-7-11(12)2/h6-7H,3-5H2,1-2H3/b9-6-. The van der Waals surface area contributed by atoms with E-state index in [0.29, 0.717) is 0 Å². The summed E-state index contributed by atoms with van der Waals surface area (Å²) in [4.78, 5) is 8.47. The fourth-order valence-electron chi connectivity index (χ4n) is 0.838. The van der Waals surface area contributed by atoms with Gasteiger partial charge in [0.1, 0.15) is 0 Å². The van der Waals surface area contributed by atoms with Crippen molar-refractivity contribution in [1.82, 2.24) is 13.0 Å². The average Bonchev–Trinajstić information content (AvgIpc) is 2.65. The Labute approximate surface area is 88.4 Å². The van der Waals surface area contributed by atoms with E-state index in [1.54, 1.807) is 0 Å². The SMILES string of the molecule is CN(I)CCC/N=C\N1BN1C. The molecule has 0 radical (unpaired) electrons. The van der Waals surface area contributed by atoms with Crippen LogP contribution in [0, 0.1) is 0 Å². The van der Waals surface area contributed by atoms with Crippen LogP contribution in [0.3, 0.4) is 0 Å². The van der Waals surface area contributed by atoms with Crippen LogP contribution in [0.25, 0.3) is 0 Å². The molecule has 1 saturated heterocycles. The predicted octanol–water partition coefficient (Wildman–Crippen LogP) is 0.115. The lowest BCUT2D eigenvalue weighted by Crippen LogP contribution is -2.07. The van der Waals surface area contributed by atoms with Crippen LogP contribution >= 0.6 is 22.9 Å². The first-order chi connectivity index (χ1) is 5.70. The van der Waals surface area contributed by atoms with Crippen LogP contribution in [-0.4, -0.2) is 54.0 Å². The molecule has 1 heterocycles. The van der Waals surface area contributed by atoms with E-state index in [4.69, 9.17) is 0 Å². The Balaban J connectivity index is 1.91. The minimum Gasteiger partial charge on any atom is -0.334 e. The molecule has 1 rings (SSSR count). The molecular weight excluding hydrogens is 266 g/mol. The maximum atomic E-state index is 4.28. The van der Waals surface area contributed by atoms with Gasteiger partial charge in [0, 0.05) is 36.0 Å². The van der Waals surface area contributed by atoms with Gasteiger partial charge in [-0.15, -0.1) is 0 Å². The molecule has 0 spiro atoms. The smallest absolute Gasteiger partial charge is 0.334 e. The summed E-state index contributed by atoms with van der Waals surface area (Å²) in [6, 6.07) is 0. The zero-order valence-electron chi connectivity index (χ0n) is 7.57. The van der Waals surface area contributed by atoms with Gasteiger partial charge in [-0.1, -0.05) is 0 Å². The molecule has 0 saturated carbocycles. The number of rotatable bonds is 5. The van der Waals surface area contributed by atoms with E-state index in [1.165, 1.54) is 0 Å². The van der Waals surface area contributed by atoms with Crippen molar-refractivity contribution in [3.8, 4) is 0 Å². The largest absolute Gasteiger partial charge is 0.357 e. The van der Waals surface area contributed by atoms with Gasteiger partial charge in [-0.05, 0) is 20.5 Å². The highest BCUT2D eigenvalue weighted by Gasteiger charge is 2.25. The van der Waals surface area contributed by atoms with Gasteiger partial charge in [-0.25, -0.2) is 0 Å². The fraction of sp³-hybridized carbons (Fsp3) is 0.833. The van der Waals surface area contributed by atoms with E-state index < -0.39 is 0 Å². The van der Waals surface area contributed by atoms with Gasteiger partial charge < -0.3 is 4.92 Å². The van der Waals surface area contributed by atoms with Gasteiger partial charge in [0.05, 0.1) is 6.34 Å². The fourth-order valence-corrected chi connectivity index (χ4v) is 1.18. The first-order valence-corrected chi connectivity index (χ1v) is 5.01. The number of halogens is 1. The molecule has 0 aromatic heterocycles. The maximum absolute atomic E-state index is 4.28. The summed E-state index contributed by atoms with van der Waals surface area (Å²) in [6.07, 6.45) is 3.04. The Morgan fingerprint density at radius 1 is 1.67 bits per heavy atom. The van der Waals surface area contributed by atoms with Gasteiger partial charge in [0.15, 0.2) is 0 Å². The summed E-state index contributed by atoms with van der Waals surface area (Å²) in [5.41, 5.74) is 0. The zero-order chi connectivity index (χ0) is 8.97. The van der Waals surface area contributed by atoms with Crippen molar-refractivity contribution < 1.29 is 0 Å². The minimum atomic E-state index is 0.928. The lowest BCUT2D eigenvalue weighted by atomic mass is 10.3. The number of hydrogen-bond acceptors (Lipinski definition) is 3. The molecule has 0 bridgehead atoms. The van der Waals surface area contributed by atoms with Gasteiger partial charge in [-0.3, -0.25) is 13.0 Å². The maximum Gasteiger partial charge on any atom is 0.357 e. The molecule has 12 heavy (non-hydrogen) atoms. The monoisotopic (exact) mass is 280 g/mol. The lowest BCUT2D eigenvalue weighted by Gasteiger charge is -2.04. The van der Waals surface area contributed by atoms with Crippen molar-refractivity contribution in [2.24, 2.45) is 4.99 Å². The van der Waals surface area contributed by atoms with Crippen LogP contribution < -0.4 is 0 Å². The number of hydrazine groups is 1. The summed E-state index contributed by atoms with van der Waals surface area (Å²) in [6.45, 7) is 2.03. The third kappa shape index (κ3) is 4.27. The normalized spacial score (nSPS) is 22.0. The second-order valence-electron chi connectivity index (χ2n) is 2.94. The molecular formula is C6H14BIN4. The number of nitrogens with zero attached hydrogens (tertiary/aromatic N) is 4. The quantitative estimate of drug-likeness (QED) is 0.136. The van der Waals surface area contributed by atoms with Crippen molar-refractivity contribution in [3.63, 3.8) is 0 Å². The first kappa shape index (κ1) is 10.3. The van der Waals surface area contributed by atoms with Crippen LogP contribution in [0.1, 0.15) is 6.42 Å². The summed E-state index contributed by atoms with van der Waals surface area (Å²) >= 11 is 2.29. The van der Waals surface area contributed by atoms with E-state index >= 15 is 0 Å². The van der Waals surface area contributed by atoms with Crippen LogP contribution in [0.4, 0.5) is 0 Å². The molecule has 1 atom stereocenters. The highest BCUT2D eigenvalue weighted by molar-refractivity contribution is 14.1. The van der Waals surface area contributed by atoms with Gasteiger partial charge in [0.25, 0.3) is 0 Å². The van der Waals surface area contributed by atoms with Gasteiger partial charge in [-0.2, -0.15) is 0 Å². The second kappa shape index (κ2) is 5.03. The molecule has 68 valence electrons. The predicted molar refractivity (Wildman–Crippen MR) is 61.4 cm³/mol. The van der Waals surface area contributed by atoms with E-state index in [-0.39, 0.29) is 0 Å².